The fraction of sp³-hybridized carbons (Fsp3) is 0.571. The summed E-state index contributed by atoms with van der Waals surface area (Å²) >= 11 is 0. The number of likely N-dealkylation sites (tertiary alicyclic amines) is 1. The average molecular weight is 314 g/mol. The molecule has 1 aliphatic heterocycles. The zero-order chi connectivity index (χ0) is 15.1. The molecule has 0 aromatic heterocycles. The number of nitrogens with zero attached hydrogens (tertiary/aromatic N) is 1. The first-order valence-corrected chi connectivity index (χ1v) is 8.69. The van der Waals surface area contributed by atoms with Gasteiger partial charge in [0.25, 0.3) is 10.0 Å². The highest BCUT2D eigenvalue weighted by Crippen LogP contribution is 2.15. The Kier molecular flexibility index (Phi) is 5.98. The van der Waals surface area contributed by atoms with Crippen LogP contribution in [-0.4, -0.2) is 46.2 Å². The number of ether oxygens (including phenoxy) is 1. The largest absolute Gasteiger partial charge is 0.494 e. The van der Waals surface area contributed by atoms with Gasteiger partial charge in [-0.2, -0.15) is 0 Å². The van der Waals surface area contributed by atoms with Gasteiger partial charge >= 0.3 is 0 Å². The number of hydrogen-bond acceptors (Lipinski definition) is 5. The minimum absolute atomic E-state index is 0.159. The maximum Gasteiger partial charge on any atom is 0.262 e. The highest BCUT2D eigenvalue weighted by Gasteiger charge is 2.15. The molecular weight excluding hydrogens is 292 g/mol. The molecule has 1 aromatic rings. The van der Waals surface area contributed by atoms with Crippen LogP contribution in [0.2, 0.25) is 0 Å². The van der Waals surface area contributed by atoms with Crippen molar-refractivity contribution >= 4 is 10.0 Å². The third-order valence-corrected chi connectivity index (χ3v) is 4.55. The van der Waals surface area contributed by atoms with E-state index in [1.54, 1.807) is 12.1 Å². The molecule has 1 fully saturated rings. The molecule has 1 N–H and O–H groups in total. The first kappa shape index (κ1) is 16.2. The summed E-state index contributed by atoms with van der Waals surface area (Å²) in [5.74, 6) is 0.645. The molecule has 0 radical (unpaired) electrons. The van der Waals surface area contributed by atoms with Crippen molar-refractivity contribution in [3.05, 3.63) is 24.3 Å². The summed E-state index contributed by atoms with van der Waals surface area (Å²) in [6.45, 7) is 5.64. The Morgan fingerprint density at radius 1 is 1.19 bits per heavy atom. The number of nitrogens with one attached hydrogen (secondary N) is 1. The summed E-state index contributed by atoms with van der Waals surface area (Å²) in [7, 11) is -3.63. The lowest BCUT2D eigenvalue weighted by Gasteiger charge is -2.14. The van der Waals surface area contributed by atoms with Crippen molar-refractivity contribution in [1.82, 2.24) is 9.79 Å². The van der Waals surface area contributed by atoms with Gasteiger partial charge in [0.2, 0.25) is 0 Å². The standard InChI is InChI=1S/C14H22N2O4S/c1-2-19-13-5-7-14(8-6-13)21(17,18)15-20-12-11-16-9-3-4-10-16/h5-8,15H,2-4,9-12H2,1H3. The van der Waals surface area contributed by atoms with Crippen molar-refractivity contribution in [2.45, 2.75) is 24.7 Å². The molecular formula is C14H22N2O4S. The van der Waals surface area contributed by atoms with Gasteiger partial charge in [-0.3, -0.25) is 4.84 Å². The monoisotopic (exact) mass is 314 g/mol. The smallest absolute Gasteiger partial charge is 0.262 e. The predicted octanol–water partition coefficient (Wildman–Crippen LogP) is 1.39. The molecule has 0 atom stereocenters. The van der Waals surface area contributed by atoms with Crippen molar-refractivity contribution < 1.29 is 18.0 Å². The molecule has 0 spiro atoms. The van der Waals surface area contributed by atoms with Crippen molar-refractivity contribution in [1.29, 1.82) is 0 Å². The van der Waals surface area contributed by atoms with Crippen molar-refractivity contribution in [3.8, 4) is 5.75 Å². The van der Waals surface area contributed by atoms with Crippen LogP contribution in [0.1, 0.15) is 19.8 Å². The molecule has 118 valence electrons. The Bertz CT molecular complexity index is 524. The van der Waals surface area contributed by atoms with Gasteiger partial charge in [0.1, 0.15) is 5.75 Å². The highest BCUT2D eigenvalue weighted by molar-refractivity contribution is 7.89. The molecule has 2 rings (SSSR count). The van der Waals surface area contributed by atoms with Gasteiger partial charge in [-0.05, 0) is 57.1 Å². The van der Waals surface area contributed by atoms with Crippen LogP contribution in [0, 0.1) is 0 Å². The predicted molar refractivity (Wildman–Crippen MR) is 79.6 cm³/mol. The SMILES string of the molecule is CCOc1ccc(S(=O)(=O)NOCCN2CCCC2)cc1. The Morgan fingerprint density at radius 2 is 1.86 bits per heavy atom. The van der Waals surface area contributed by atoms with E-state index in [-0.39, 0.29) is 4.90 Å². The minimum Gasteiger partial charge on any atom is -0.494 e. The summed E-state index contributed by atoms with van der Waals surface area (Å²) < 4.78 is 29.3. The fourth-order valence-corrected chi connectivity index (χ4v) is 3.06. The highest BCUT2D eigenvalue weighted by atomic mass is 32.2. The van der Waals surface area contributed by atoms with Gasteiger partial charge in [-0.25, -0.2) is 8.42 Å². The second-order valence-corrected chi connectivity index (χ2v) is 6.53. The van der Waals surface area contributed by atoms with E-state index < -0.39 is 10.0 Å². The minimum atomic E-state index is -3.63. The normalized spacial score (nSPS) is 16.2. The fourth-order valence-electron chi connectivity index (χ4n) is 2.23. The maximum atomic E-state index is 12.0. The third-order valence-electron chi connectivity index (χ3n) is 3.32. The second-order valence-electron chi connectivity index (χ2n) is 4.89. The number of rotatable bonds is 8. The molecule has 0 amide bonds. The maximum absolute atomic E-state index is 12.0. The molecule has 7 heteroatoms. The van der Waals surface area contributed by atoms with E-state index in [9.17, 15) is 8.42 Å². The van der Waals surface area contributed by atoms with E-state index in [0.29, 0.717) is 19.0 Å². The zero-order valence-electron chi connectivity index (χ0n) is 12.2. The number of sulfonamides is 1. The molecule has 6 nitrogen and oxygen atoms in total. The topological polar surface area (TPSA) is 67.9 Å². The van der Waals surface area contributed by atoms with Gasteiger partial charge in [-0.15, -0.1) is 0 Å². The van der Waals surface area contributed by atoms with Crippen LogP contribution in [0.15, 0.2) is 29.2 Å². The third kappa shape index (κ3) is 4.96. The molecule has 1 aliphatic rings. The van der Waals surface area contributed by atoms with E-state index >= 15 is 0 Å². The number of benzene rings is 1. The summed E-state index contributed by atoms with van der Waals surface area (Å²) in [5.41, 5.74) is 0. The van der Waals surface area contributed by atoms with E-state index in [4.69, 9.17) is 9.57 Å². The Morgan fingerprint density at radius 3 is 2.48 bits per heavy atom. The van der Waals surface area contributed by atoms with Crippen molar-refractivity contribution in [2.75, 3.05) is 32.8 Å². The molecule has 0 aliphatic carbocycles. The molecule has 0 unspecified atom stereocenters. The lowest BCUT2D eigenvalue weighted by molar-refractivity contribution is 0.0756. The quantitative estimate of drug-likeness (QED) is 0.580. The van der Waals surface area contributed by atoms with Crippen LogP contribution in [-0.2, 0) is 14.9 Å². The van der Waals surface area contributed by atoms with Crippen LogP contribution < -0.4 is 9.62 Å². The molecule has 1 heterocycles. The summed E-state index contributed by atoms with van der Waals surface area (Å²) in [6.07, 6.45) is 2.41. The second kappa shape index (κ2) is 7.74. The average Bonchev–Trinajstić information content (AvgIpc) is 2.98. The van der Waals surface area contributed by atoms with Crippen LogP contribution >= 0.6 is 0 Å². The summed E-state index contributed by atoms with van der Waals surface area (Å²) in [6, 6.07) is 6.25. The Balaban J connectivity index is 1.80. The Labute approximate surface area is 126 Å². The van der Waals surface area contributed by atoms with Crippen LogP contribution in [0.25, 0.3) is 0 Å². The van der Waals surface area contributed by atoms with Crippen molar-refractivity contribution in [2.24, 2.45) is 0 Å². The first-order valence-electron chi connectivity index (χ1n) is 7.20. The van der Waals surface area contributed by atoms with Gasteiger partial charge in [0.15, 0.2) is 0 Å². The van der Waals surface area contributed by atoms with E-state index in [2.05, 4.69) is 9.79 Å². The number of hydrogen-bond donors (Lipinski definition) is 1. The first-order chi connectivity index (χ1) is 10.1. The lowest BCUT2D eigenvalue weighted by Crippen LogP contribution is -2.30. The molecule has 0 bridgehead atoms. The molecule has 1 saturated heterocycles. The van der Waals surface area contributed by atoms with E-state index in [1.807, 2.05) is 6.92 Å². The summed E-state index contributed by atoms with van der Waals surface area (Å²) in [4.78, 5) is 9.65. The van der Waals surface area contributed by atoms with Crippen LogP contribution in [0.4, 0.5) is 0 Å². The lowest BCUT2D eigenvalue weighted by atomic mass is 10.3. The van der Waals surface area contributed by atoms with Crippen LogP contribution in [0.3, 0.4) is 0 Å². The van der Waals surface area contributed by atoms with Crippen molar-refractivity contribution in [3.63, 3.8) is 0 Å². The molecule has 21 heavy (non-hydrogen) atoms. The zero-order valence-corrected chi connectivity index (χ0v) is 13.1. The summed E-state index contributed by atoms with van der Waals surface area (Å²) in [5, 5.41) is 0. The van der Waals surface area contributed by atoms with Gasteiger partial charge in [-0.1, -0.05) is 4.89 Å². The Hall–Kier alpha value is -1.15. The van der Waals surface area contributed by atoms with Gasteiger partial charge < -0.3 is 9.64 Å². The molecule has 0 saturated carbocycles. The van der Waals surface area contributed by atoms with E-state index in [1.165, 1.54) is 25.0 Å². The van der Waals surface area contributed by atoms with Gasteiger partial charge in [0.05, 0.1) is 18.1 Å². The van der Waals surface area contributed by atoms with Crippen LogP contribution in [0.5, 0.6) is 5.75 Å². The molecule has 1 aromatic carbocycles. The van der Waals surface area contributed by atoms with Gasteiger partial charge in [0, 0.05) is 6.54 Å². The van der Waals surface area contributed by atoms with E-state index in [0.717, 1.165) is 19.6 Å².